The number of carboxylic acids is 1. The van der Waals surface area contributed by atoms with Gasteiger partial charge in [0.05, 0.1) is 6.04 Å². The van der Waals surface area contributed by atoms with Crippen molar-refractivity contribution in [3.05, 3.63) is 0 Å². The molecule has 4 atom stereocenters. The molecular formula is C30H52N4O5. The standard InChI is InChI=1S/C30H52N4O5/c1-19(2)26(30(38)39)34(3)29(37)25(22-17-11-6-12-18-22)33-28(36)24(21-15-9-5-10-16-21)32-27(35)23(31)20-13-7-4-8-14-20/h19-26H,4-18,31H2,1-3H3,(H,32,35)(H,33,36)(H,38,39)/t23-,24-,25-,26-/m1/s1. The molecule has 9 heteroatoms. The Bertz CT molecular complexity index is 831. The molecule has 3 amide bonds. The van der Waals surface area contributed by atoms with Gasteiger partial charge in [0, 0.05) is 7.05 Å². The Labute approximate surface area is 234 Å². The van der Waals surface area contributed by atoms with Crippen molar-refractivity contribution in [2.24, 2.45) is 29.4 Å². The van der Waals surface area contributed by atoms with E-state index in [1.54, 1.807) is 13.8 Å². The molecule has 0 unspecified atom stereocenters. The highest BCUT2D eigenvalue weighted by Gasteiger charge is 2.41. The molecule has 0 heterocycles. The van der Waals surface area contributed by atoms with E-state index >= 15 is 0 Å². The molecule has 0 bridgehead atoms. The molecule has 0 saturated heterocycles. The molecule has 3 aliphatic carbocycles. The summed E-state index contributed by atoms with van der Waals surface area (Å²) >= 11 is 0. The minimum Gasteiger partial charge on any atom is -0.480 e. The number of rotatable bonds is 11. The zero-order chi connectivity index (χ0) is 28.5. The van der Waals surface area contributed by atoms with Crippen LogP contribution in [0.5, 0.6) is 0 Å². The number of hydrogen-bond acceptors (Lipinski definition) is 5. The fourth-order valence-corrected chi connectivity index (χ4v) is 7.17. The predicted octanol–water partition coefficient (Wildman–Crippen LogP) is 3.59. The van der Waals surface area contributed by atoms with Crippen LogP contribution in [-0.4, -0.2) is 64.9 Å². The number of nitrogens with one attached hydrogen (secondary N) is 2. The number of aliphatic carboxylic acids is 1. The first kappa shape index (κ1) is 31.4. The van der Waals surface area contributed by atoms with Gasteiger partial charge < -0.3 is 26.4 Å². The molecule has 0 spiro atoms. The minimum atomic E-state index is -1.06. The number of carboxylic acid groups (broad SMARTS) is 1. The largest absolute Gasteiger partial charge is 0.480 e. The summed E-state index contributed by atoms with van der Waals surface area (Å²) in [6.45, 7) is 3.56. The van der Waals surface area contributed by atoms with Crippen LogP contribution >= 0.6 is 0 Å². The first-order valence-electron chi connectivity index (χ1n) is 15.5. The topological polar surface area (TPSA) is 142 Å². The summed E-state index contributed by atoms with van der Waals surface area (Å²) < 4.78 is 0. The summed E-state index contributed by atoms with van der Waals surface area (Å²) in [4.78, 5) is 54.3. The molecule has 0 aromatic heterocycles. The van der Waals surface area contributed by atoms with Crippen LogP contribution in [0.2, 0.25) is 0 Å². The van der Waals surface area contributed by atoms with E-state index in [1.165, 1.54) is 18.4 Å². The number of hydrogen-bond donors (Lipinski definition) is 4. The van der Waals surface area contributed by atoms with Crippen molar-refractivity contribution in [3.63, 3.8) is 0 Å². The van der Waals surface area contributed by atoms with E-state index in [2.05, 4.69) is 10.6 Å². The second-order valence-corrected chi connectivity index (χ2v) is 12.7. The second kappa shape index (κ2) is 15.0. The lowest BCUT2D eigenvalue weighted by molar-refractivity contribution is -0.153. The van der Waals surface area contributed by atoms with Gasteiger partial charge in [0.1, 0.15) is 18.1 Å². The third-order valence-corrected chi connectivity index (χ3v) is 9.50. The van der Waals surface area contributed by atoms with Gasteiger partial charge in [0.2, 0.25) is 17.7 Å². The Morgan fingerprint density at radius 2 is 1.10 bits per heavy atom. The SMILES string of the molecule is CC(C)[C@H](C(=O)O)N(C)C(=O)[C@H](NC(=O)[C@H](NC(=O)[C@H](N)C1CCCCC1)C1CCCCC1)C1CCCCC1. The van der Waals surface area contributed by atoms with Gasteiger partial charge in [-0.2, -0.15) is 0 Å². The monoisotopic (exact) mass is 548 g/mol. The first-order chi connectivity index (χ1) is 18.6. The van der Waals surface area contributed by atoms with Crippen LogP contribution in [0.1, 0.15) is 110 Å². The number of likely N-dealkylation sites (N-methyl/N-ethyl adjacent to an activating group) is 1. The van der Waals surface area contributed by atoms with Crippen molar-refractivity contribution in [3.8, 4) is 0 Å². The van der Waals surface area contributed by atoms with Crippen LogP contribution in [0, 0.1) is 23.7 Å². The van der Waals surface area contributed by atoms with Gasteiger partial charge >= 0.3 is 5.97 Å². The molecule has 222 valence electrons. The summed E-state index contributed by atoms with van der Waals surface area (Å²) in [6, 6.07) is -3.20. The molecule has 9 nitrogen and oxygen atoms in total. The van der Waals surface area contributed by atoms with Gasteiger partial charge in [-0.25, -0.2) is 4.79 Å². The molecule has 3 aliphatic rings. The average Bonchev–Trinajstić information content (AvgIpc) is 2.94. The molecule has 0 radical (unpaired) electrons. The highest BCUT2D eigenvalue weighted by Crippen LogP contribution is 2.31. The first-order valence-corrected chi connectivity index (χ1v) is 15.5. The van der Waals surface area contributed by atoms with Crippen LogP contribution in [0.4, 0.5) is 0 Å². The highest BCUT2D eigenvalue weighted by molar-refractivity contribution is 5.94. The van der Waals surface area contributed by atoms with E-state index in [-0.39, 0.29) is 41.4 Å². The van der Waals surface area contributed by atoms with Gasteiger partial charge in [-0.3, -0.25) is 14.4 Å². The summed E-state index contributed by atoms with van der Waals surface area (Å²) in [5, 5.41) is 15.9. The van der Waals surface area contributed by atoms with Crippen molar-refractivity contribution in [2.75, 3.05) is 7.05 Å². The molecule has 0 aromatic rings. The predicted molar refractivity (Wildman–Crippen MR) is 151 cm³/mol. The van der Waals surface area contributed by atoms with E-state index in [4.69, 9.17) is 5.73 Å². The lowest BCUT2D eigenvalue weighted by Gasteiger charge is -2.38. The summed E-state index contributed by atoms with van der Waals surface area (Å²) in [5.74, 6) is -2.29. The number of carbonyl (C=O) groups excluding carboxylic acids is 3. The summed E-state index contributed by atoms with van der Waals surface area (Å²) in [5.41, 5.74) is 6.41. The quantitative estimate of drug-likeness (QED) is 0.311. The fourth-order valence-electron chi connectivity index (χ4n) is 7.17. The highest BCUT2D eigenvalue weighted by atomic mass is 16.4. The molecule has 3 rings (SSSR count). The van der Waals surface area contributed by atoms with Crippen molar-refractivity contribution in [1.82, 2.24) is 15.5 Å². The van der Waals surface area contributed by atoms with Gasteiger partial charge in [-0.1, -0.05) is 71.6 Å². The Hall–Kier alpha value is -2.16. The second-order valence-electron chi connectivity index (χ2n) is 12.7. The van der Waals surface area contributed by atoms with Gasteiger partial charge in [-0.05, 0) is 62.2 Å². The Balaban J connectivity index is 1.81. The van der Waals surface area contributed by atoms with Crippen LogP contribution in [-0.2, 0) is 19.2 Å². The summed E-state index contributed by atoms with van der Waals surface area (Å²) in [7, 11) is 1.52. The molecule has 0 aromatic carbocycles. The molecule has 0 aliphatic heterocycles. The van der Waals surface area contributed by atoms with E-state index < -0.39 is 30.1 Å². The average molecular weight is 549 g/mol. The Morgan fingerprint density at radius 1 is 0.692 bits per heavy atom. The van der Waals surface area contributed by atoms with E-state index in [9.17, 15) is 24.3 Å². The maximum absolute atomic E-state index is 13.9. The maximum atomic E-state index is 13.9. The van der Waals surface area contributed by atoms with Crippen molar-refractivity contribution >= 4 is 23.7 Å². The molecular weight excluding hydrogens is 496 g/mol. The van der Waals surface area contributed by atoms with Crippen LogP contribution < -0.4 is 16.4 Å². The summed E-state index contributed by atoms with van der Waals surface area (Å²) in [6.07, 6.45) is 14.6. The number of nitrogens with zero attached hydrogens (tertiary/aromatic N) is 1. The van der Waals surface area contributed by atoms with Crippen LogP contribution in [0.25, 0.3) is 0 Å². The maximum Gasteiger partial charge on any atom is 0.326 e. The van der Waals surface area contributed by atoms with Crippen LogP contribution in [0.3, 0.4) is 0 Å². The Kier molecular flexibility index (Phi) is 12.1. The zero-order valence-corrected chi connectivity index (χ0v) is 24.3. The number of carbonyl (C=O) groups is 4. The molecule has 3 fully saturated rings. The van der Waals surface area contributed by atoms with Crippen molar-refractivity contribution in [1.29, 1.82) is 0 Å². The Morgan fingerprint density at radius 3 is 1.54 bits per heavy atom. The third-order valence-electron chi connectivity index (χ3n) is 9.50. The lowest BCUT2D eigenvalue weighted by Crippen LogP contribution is -2.61. The fraction of sp³-hybridized carbons (Fsp3) is 0.867. The van der Waals surface area contributed by atoms with E-state index in [0.717, 1.165) is 89.9 Å². The van der Waals surface area contributed by atoms with Crippen molar-refractivity contribution < 1.29 is 24.3 Å². The van der Waals surface area contributed by atoms with E-state index in [0.29, 0.717) is 0 Å². The molecule has 39 heavy (non-hydrogen) atoms. The van der Waals surface area contributed by atoms with Gasteiger partial charge in [0.25, 0.3) is 0 Å². The lowest BCUT2D eigenvalue weighted by atomic mass is 9.81. The van der Waals surface area contributed by atoms with Crippen molar-refractivity contribution in [2.45, 2.75) is 134 Å². The zero-order valence-electron chi connectivity index (χ0n) is 24.3. The molecule has 3 saturated carbocycles. The number of nitrogens with two attached hydrogens (primary N) is 1. The van der Waals surface area contributed by atoms with Gasteiger partial charge in [-0.15, -0.1) is 0 Å². The third kappa shape index (κ3) is 8.41. The number of amides is 3. The van der Waals surface area contributed by atoms with Gasteiger partial charge in [0.15, 0.2) is 0 Å². The normalized spacial score (nSPS) is 22.9. The van der Waals surface area contributed by atoms with E-state index in [1.807, 2.05) is 0 Å². The minimum absolute atomic E-state index is 0.0106. The van der Waals surface area contributed by atoms with Crippen LogP contribution in [0.15, 0.2) is 0 Å². The molecule has 5 N–H and O–H groups in total. The smallest absolute Gasteiger partial charge is 0.326 e.